The molecule has 0 amide bonds. The molecule has 0 aliphatic rings. The molecule has 5 nitrogen and oxygen atoms in total. The number of methoxy groups -OCH3 is 1. The number of rotatable bonds is 7. The van der Waals surface area contributed by atoms with Crippen LogP contribution in [0.2, 0.25) is 0 Å². The minimum Gasteiger partial charge on any atom is -0.395 e. The molecule has 0 aromatic carbocycles. The molecule has 0 fully saturated rings. The van der Waals surface area contributed by atoms with Crippen LogP contribution in [0.3, 0.4) is 0 Å². The zero-order valence-electron chi connectivity index (χ0n) is 10.1. The van der Waals surface area contributed by atoms with Crippen molar-refractivity contribution in [3.05, 3.63) is 17.5 Å². The Bertz CT molecular complexity index is 299. The Balaban J connectivity index is 2.55. The fraction of sp³-hybridized carbons (Fsp3) is 0.727. The van der Waals surface area contributed by atoms with E-state index in [9.17, 15) is 0 Å². The largest absolute Gasteiger partial charge is 0.395 e. The van der Waals surface area contributed by atoms with Gasteiger partial charge in [0, 0.05) is 32.3 Å². The van der Waals surface area contributed by atoms with Gasteiger partial charge in [0.25, 0.3) is 0 Å². The molecule has 0 unspecified atom stereocenters. The minimum atomic E-state index is 0.154. The van der Waals surface area contributed by atoms with Gasteiger partial charge in [-0.15, -0.1) is 0 Å². The number of ether oxygens (including phenoxy) is 1. The van der Waals surface area contributed by atoms with Crippen LogP contribution in [0.5, 0.6) is 0 Å². The van der Waals surface area contributed by atoms with Crippen LogP contribution in [0, 0.1) is 0 Å². The zero-order valence-corrected chi connectivity index (χ0v) is 10.1. The van der Waals surface area contributed by atoms with Gasteiger partial charge in [-0.3, -0.25) is 4.90 Å². The second-order valence-electron chi connectivity index (χ2n) is 4.01. The first-order chi connectivity index (χ1) is 7.67. The normalized spacial score (nSPS) is 11.6. The van der Waals surface area contributed by atoms with Gasteiger partial charge in [0.2, 0.25) is 0 Å². The van der Waals surface area contributed by atoms with Crippen LogP contribution in [0.15, 0.2) is 10.6 Å². The van der Waals surface area contributed by atoms with Crippen LogP contribution >= 0.6 is 0 Å². The van der Waals surface area contributed by atoms with E-state index in [4.69, 9.17) is 14.4 Å². The number of nitrogens with zero attached hydrogens (tertiary/aromatic N) is 2. The molecular weight excluding hydrogens is 208 g/mol. The Hall–Kier alpha value is -0.910. The minimum absolute atomic E-state index is 0.154. The summed E-state index contributed by atoms with van der Waals surface area (Å²) in [6.07, 6.45) is 0. The Morgan fingerprint density at radius 1 is 1.56 bits per heavy atom. The average Bonchev–Trinajstić information content (AvgIpc) is 2.65. The molecular formula is C11H20N2O3. The zero-order chi connectivity index (χ0) is 12.0. The van der Waals surface area contributed by atoms with Crippen molar-refractivity contribution in [3.8, 4) is 0 Å². The maximum absolute atomic E-state index is 8.95. The van der Waals surface area contributed by atoms with Crippen molar-refractivity contribution in [2.75, 3.05) is 20.3 Å². The maximum atomic E-state index is 8.95. The lowest BCUT2D eigenvalue weighted by molar-refractivity contribution is 0.151. The number of hydrogen-bond donors (Lipinski definition) is 1. The predicted octanol–water partition coefficient (Wildman–Crippen LogP) is 1.02. The molecule has 0 radical (unpaired) electrons. The van der Waals surface area contributed by atoms with Gasteiger partial charge in [-0.05, 0) is 13.8 Å². The van der Waals surface area contributed by atoms with Crippen molar-refractivity contribution in [1.82, 2.24) is 10.1 Å². The fourth-order valence-electron chi connectivity index (χ4n) is 1.50. The second kappa shape index (κ2) is 6.62. The molecule has 0 saturated carbocycles. The second-order valence-corrected chi connectivity index (χ2v) is 4.01. The molecule has 0 spiro atoms. The SMILES string of the molecule is COCc1cc(CN(CCO)C(C)C)no1. The summed E-state index contributed by atoms with van der Waals surface area (Å²) in [5.74, 6) is 0.727. The lowest BCUT2D eigenvalue weighted by Gasteiger charge is -2.24. The molecule has 1 N–H and O–H groups in total. The summed E-state index contributed by atoms with van der Waals surface area (Å²) < 4.78 is 10.1. The van der Waals surface area contributed by atoms with Gasteiger partial charge in [-0.1, -0.05) is 5.16 Å². The third-order valence-electron chi connectivity index (χ3n) is 2.38. The Labute approximate surface area is 96.0 Å². The summed E-state index contributed by atoms with van der Waals surface area (Å²) in [4.78, 5) is 2.13. The third-order valence-corrected chi connectivity index (χ3v) is 2.38. The van der Waals surface area contributed by atoms with E-state index in [1.54, 1.807) is 7.11 Å². The van der Waals surface area contributed by atoms with Crippen molar-refractivity contribution < 1.29 is 14.4 Å². The van der Waals surface area contributed by atoms with Gasteiger partial charge in [0.15, 0.2) is 5.76 Å². The van der Waals surface area contributed by atoms with E-state index in [1.807, 2.05) is 6.07 Å². The molecule has 16 heavy (non-hydrogen) atoms. The number of aliphatic hydroxyl groups excluding tert-OH is 1. The van der Waals surface area contributed by atoms with Gasteiger partial charge in [-0.2, -0.15) is 0 Å². The van der Waals surface area contributed by atoms with E-state index in [0.717, 1.165) is 11.5 Å². The monoisotopic (exact) mass is 228 g/mol. The molecule has 0 atom stereocenters. The number of aromatic nitrogens is 1. The van der Waals surface area contributed by atoms with Gasteiger partial charge in [0.1, 0.15) is 6.61 Å². The maximum Gasteiger partial charge on any atom is 0.162 e. The summed E-state index contributed by atoms with van der Waals surface area (Å²) in [6, 6.07) is 2.26. The number of aliphatic hydroxyl groups is 1. The van der Waals surface area contributed by atoms with Crippen molar-refractivity contribution >= 4 is 0 Å². The Morgan fingerprint density at radius 2 is 2.31 bits per heavy atom. The van der Waals surface area contributed by atoms with Crippen LogP contribution < -0.4 is 0 Å². The van der Waals surface area contributed by atoms with E-state index in [0.29, 0.717) is 25.7 Å². The third kappa shape index (κ3) is 3.92. The van der Waals surface area contributed by atoms with Crippen LogP contribution in [-0.2, 0) is 17.9 Å². The molecule has 0 saturated heterocycles. The standard InChI is InChI=1S/C11H20N2O3/c1-9(2)13(4-5-14)7-10-6-11(8-15-3)16-12-10/h6,9,14H,4-5,7-8H2,1-3H3. The van der Waals surface area contributed by atoms with E-state index >= 15 is 0 Å². The van der Waals surface area contributed by atoms with Crippen molar-refractivity contribution in [2.24, 2.45) is 0 Å². The molecule has 0 aliphatic carbocycles. The first-order valence-electron chi connectivity index (χ1n) is 5.45. The van der Waals surface area contributed by atoms with Crippen LogP contribution in [0.1, 0.15) is 25.3 Å². The highest BCUT2D eigenvalue weighted by atomic mass is 16.5. The Morgan fingerprint density at radius 3 is 2.88 bits per heavy atom. The molecule has 0 aliphatic heterocycles. The lowest BCUT2D eigenvalue weighted by atomic mass is 10.2. The molecule has 1 aromatic rings. The van der Waals surface area contributed by atoms with Crippen molar-refractivity contribution in [2.45, 2.75) is 33.0 Å². The highest BCUT2D eigenvalue weighted by molar-refractivity contribution is 5.04. The Kier molecular flexibility index (Phi) is 5.45. The molecule has 1 heterocycles. The molecule has 0 bridgehead atoms. The summed E-state index contributed by atoms with van der Waals surface area (Å²) in [6.45, 7) is 6.10. The van der Waals surface area contributed by atoms with E-state index < -0.39 is 0 Å². The molecule has 1 rings (SSSR count). The smallest absolute Gasteiger partial charge is 0.162 e. The van der Waals surface area contributed by atoms with Crippen LogP contribution in [-0.4, -0.2) is 41.5 Å². The van der Waals surface area contributed by atoms with Gasteiger partial charge < -0.3 is 14.4 Å². The van der Waals surface area contributed by atoms with E-state index in [1.165, 1.54) is 0 Å². The summed E-state index contributed by atoms with van der Waals surface area (Å²) in [5.41, 5.74) is 0.870. The highest BCUT2D eigenvalue weighted by Crippen LogP contribution is 2.09. The average molecular weight is 228 g/mol. The fourth-order valence-corrected chi connectivity index (χ4v) is 1.50. The number of hydrogen-bond acceptors (Lipinski definition) is 5. The summed E-state index contributed by atoms with van der Waals surface area (Å²) in [5, 5.41) is 12.9. The highest BCUT2D eigenvalue weighted by Gasteiger charge is 2.12. The van der Waals surface area contributed by atoms with Crippen LogP contribution in [0.25, 0.3) is 0 Å². The van der Waals surface area contributed by atoms with Gasteiger partial charge in [0.05, 0.1) is 12.3 Å². The predicted molar refractivity (Wildman–Crippen MR) is 59.8 cm³/mol. The summed E-state index contributed by atoms with van der Waals surface area (Å²) in [7, 11) is 1.62. The summed E-state index contributed by atoms with van der Waals surface area (Å²) >= 11 is 0. The quantitative estimate of drug-likeness (QED) is 0.755. The molecule has 1 aromatic heterocycles. The van der Waals surface area contributed by atoms with Crippen molar-refractivity contribution in [3.63, 3.8) is 0 Å². The molecule has 92 valence electrons. The molecule has 5 heteroatoms. The van der Waals surface area contributed by atoms with Gasteiger partial charge >= 0.3 is 0 Å². The topological polar surface area (TPSA) is 58.7 Å². The first kappa shape index (κ1) is 13.2. The van der Waals surface area contributed by atoms with Crippen LogP contribution in [0.4, 0.5) is 0 Å². The van der Waals surface area contributed by atoms with E-state index in [-0.39, 0.29) is 6.61 Å². The van der Waals surface area contributed by atoms with Gasteiger partial charge in [-0.25, -0.2) is 0 Å². The van der Waals surface area contributed by atoms with Crippen molar-refractivity contribution in [1.29, 1.82) is 0 Å². The van der Waals surface area contributed by atoms with E-state index in [2.05, 4.69) is 23.9 Å². The lowest BCUT2D eigenvalue weighted by Crippen LogP contribution is -2.32. The first-order valence-corrected chi connectivity index (χ1v) is 5.45.